The van der Waals surface area contributed by atoms with Gasteiger partial charge in [-0.3, -0.25) is 9.59 Å². The third-order valence-electron chi connectivity index (χ3n) is 4.02. The lowest BCUT2D eigenvalue weighted by atomic mass is 9.98. The van der Waals surface area contributed by atoms with Gasteiger partial charge in [0, 0.05) is 13.0 Å². The van der Waals surface area contributed by atoms with E-state index in [4.69, 9.17) is 0 Å². The van der Waals surface area contributed by atoms with Gasteiger partial charge < -0.3 is 5.32 Å². The Hall–Kier alpha value is -1.97. The van der Waals surface area contributed by atoms with Crippen LogP contribution in [-0.2, 0) is 9.59 Å². The molecule has 0 aromatic heterocycles. The third-order valence-corrected chi connectivity index (χ3v) is 4.02. The van der Waals surface area contributed by atoms with Gasteiger partial charge in [0.25, 0.3) is 5.91 Å². The number of rotatable bonds is 5. The van der Waals surface area contributed by atoms with E-state index in [1.807, 2.05) is 39.8 Å². The second-order valence-corrected chi connectivity index (χ2v) is 6.41. The van der Waals surface area contributed by atoms with E-state index in [0.29, 0.717) is 25.3 Å². The van der Waals surface area contributed by atoms with Crippen LogP contribution in [0.4, 0.5) is 0 Å². The van der Waals surface area contributed by atoms with Crippen LogP contribution in [0.1, 0.15) is 37.8 Å². The van der Waals surface area contributed by atoms with Gasteiger partial charge in [0.15, 0.2) is 0 Å². The van der Waals surface area contributed by atoms with Crippen molar-refractivity contribution >= 4 is 17.9 Å². The maximum atomic E-state index is 12.2. The number of hydrogen-bond donors (Lipinski definition) is 1. The van der Waals surface area contributed by atoms with Gasteiger partial charge in [0.1, 0.15) is 0 Å². The summed E-state index contributed by atoms with van der Waals surface area (Å²) in [5.41, 5.74) is 2.20. The highest BCUT2D eigenvalue weighted by molar-refractivity contribution is 5.86. The number of fused-ring (bicyclic) bond motifs is 1. The number of benzene rings is 1. The molecule has 1 aromatic carbocycles. The van der Waals surface area contributed by atoms with E-state index in [1.54, 1.807) is 0 Å². The summed E-state index contributed by atoms with van der Waals surface area (Å²) in [4.78, 5) is 28.0. The number of amides is 2. The molecule has 0 radical (unpaired) electrons. The van der Waals surface area contributed by atoms with Gasteiger partial charge in [-0.2, -0.15) is 0 Å². The van der Waals surface area contributed by atoms with Crippen LogP contribution in [0.25, 0.3) is 6.08 Å². The number of nitrogens with one attached hydrogen (secondary N) is 1. The summed E-state index contributed by atoms with van der Waals surface area (Å²) in [6.07, 6.45) is 3.10. The normalized spacial score (nSPS) is 16.8. The van der Waals surface area contributed by atoms with Gasteiger partial charge in [-0.25, -0.2) is 4.99 Å². The number of carbonyl (C=O) groups excluding carboxylic acids is 2. The molecule has 0 spiro atoms. The van der Waals surface area contributed by atoms with Crippen molar-refractivity contribution in [2.75, 3.05) is 6.54 Å². The standard InChI is InChI=1S/C18H24N2O2/c1-11(2)9-16(21)19-8-7-15-10-14-6-5-12(3)13(4)17(14)20-18(15)22/h5-6,10-11,15H,7-9H2,1-4H3,(H,19,21). The number of hydrogen-bond acceptors (Lipinski definition) is 2. The van der Waals surface area contributed by atoms with Crippen LogP contribution in [0.15, 0.2) is 17.1 Å². The van der Waals surface area contributed by atoms with E-state index in [2.05, 4.69) is 16.4 Å². The highest BCUT2D eigenvalue weighted by Crippen LogP contribution is 2.10. The number of nitrogens with zero attached hydrogens (tertiary/aromatic N) is 1. The molecule has 4 heteroatoms. The molecular formula is C18H24N2O2. The fourth-order valence-electron chi connectivity index (χ4n) is 2.60. The lowest BCUT2D eigenvalue weighted by Gasteiger charge is -2.14. The second kappa shape index (κ2) is 6.86. The maximum absolute atomic E-state index is 12.2. The Morgan fingerprint density at radius 3 is 2.73 bits per heavy atom. The van der Waals surface area contributed by atoms with Crippen LogP contribution in [-0.4, -0.2) is 18.4 Å². The number of aryl methyl sites for hydroxylation is 1. The quantitative estimate of drug-likeness (QED) is 0.894. The minimum Gasteiger partial charge on any atom is -0.356 e. The van der Waals surface area contributed by atoms with Gasteiger partial charge in [0.05, 0.1) is 11.3 Å². The van der Waals surface area contributed by atoms with Crippen LogP contribution >= 0.6 is 0 Å². The minimum atomic E-state index is -0.242. The zero-order chi connectivity index (χ0) is 16.3. The van der Waals surface area contributed by atoms with Crippen molar-refractivity contribution in [2.45, 2.75) is 40.5 Å². The van der Waals surface area contributed by atoms with Crippen molar-refractivity contribution in [2.24, 2.45) is 16.8 Å². The van der Waals surface area contributed by atoms with Gasteiger partial charge >= 0.3 is 0 Å². The summed E-state index contributed by atoms with van der Waals surface area (Å²) in [5.74, 6) is 0.0336. The van der Waals surface area contributed by atoms with E-state index >= 15 is 0 Å². The lowest BCUT2D eigenvalue weighted by Crippen LogP contribution is -2.37. The topological polar surface area (TPSA) is 58.5 Å². The molecule has 1 aliphatic rings. The summed E-state index contributed by atoms with van der Waals surface area (Å²) in [7, 11) is 0. The lowest BCUT2D eigenvalue weighted by molar-refractivity contribution is -0.123. The smallest absolute Gasteiger partial charge is 0.253 e. The first-order valence-electron chi connectivity index (χ1n) is 7.86. The Morgan fingerprint density at radius 2 is 2.05 bits per heavy atom. The molecule has 1 heterocycles. The molecule has 1 aliphatic heterocycles. The van der Waals surface area contributed by atoms with Crippen LogP contribution in [0, 0.1) is 25.7 Å². The Bertz CT molecular complexity index is 705. The Balaban J connectivity index is 2.05. The molecule has 0 saturated heterocycles. The predicted molar refractivity (Wildman–Crippen MR) is 86.7 cm³/mol. The SMILES string of the molecule is Cc1ccc2c(c1C)=NC(=O)C(CCNC(=O)CC(C)C)C=2. The van der Waals surface area contributed by atoms with Crippen molar-refractivity contribution in [3.8, 4) is 0 Å². The van der Waals surface area contributed by atoms with Gasteiger partial charge in [-0.15, -0.1) is 0 Å². The van der Waals surface area contributed by atoms with E-state index in [9.17, 15) is 9.59 Å². The second-order valence-electron chi connectivity index (χ2n) is 6.41. The molecule has 4 nitrogen and oxygen atoms in total. The summed E-state index contributed by atoms with van der Waals surface area (Å²) in [5, 5.41) is 4.68. The molecule has 118 valence electrons. The predicted octanol–water partition coefficient (Wildman–Crippen LogP) is 1.41. The molecule has 22 heavy (non-hydrogen) atoms. The van der Waals surface area contributed by atoms with E-state index in [1.165, 1.54) is 0 Å². The molecular weight excluding hydrogens is 276 g/mol. The van der Waals surface area contributed by atoms with Crippen molar-refractivity contribution in [3.63, 3.8) is 0 Å². The van der Waals surface area contributed by atoms with E-state index in [-0.39, 0.29) is 17.7 Å². The first-order chi connectivity index (χ1) is 10.4. The molecule has 1 N–H and O–H groups in total. The average Bonchev–Trinajstić information content (AvgIpc) is 2.44. The molecule has 2 amide bonds. The Morgan fingerprint density at radius 1 is 1.32 bits per heavy atom. The molecule has 1 unspecified atom stereocenters. The molecule has 0 saturated carbocycles. The summed E-state index contributed by atoms with van der Waals surface area (Å²) >= 11 is 0. The zero-order valence-corrected chi connectivity index (χ0v) is 13.8. The Labute approximate surface area is 131 Å². The fourth-order valence-corrected chi connectivity index (χ4v) is 2.60. The highest BCUT2D eigenvalue weighted by atomic mass is 16.2. The van der Waals surface area contributed by atoms with Crippen molar-refractivity contribution in [3.05, 3.63) is 33.8 Å². The zero-order valence-electron chi connectivity index (χ0n) is 13.8. The largest absolute Gasteiger partial charge is 0.356 e. The average molecular weight is 300 g/mol. The van der Waals surface area contributed by atoms with Gasteiger partial charge in [-0.1, -0.05) is 32.1 Å². The van der Waals surface area contributed by atoms with E-state index in [0.717, 1.165) is 21.7 Å². The summed E-state index contributed by atoms with van der Waals surface area (Å²) in [6.45, 7) is 8.54. The maximum Gasteiger partial charge on any atom is 0.253 e. The first-order valence-corrected chi connectivity index (χ1v) is 7.86. The summed E-state index contributed by atoms with van der Waals surface area (Å²) < 4.78 is 0. The highest BCUT2D eigenvalue weighted by Gasteiger charge is 2.19. The van der Waals surface area contributed by atoms with Crippen LogP contribution in [0.3, 0.4) is 0 Å². The van der Waals surface area contributed by atoms with Crippen molar-refractivity contribution in [1.82, 2.24) is 5.32 Å². The molecule has 0 bridgehead atoms. The van der Waals surface area contributed by atoms with Gasteiger partial charge in [-0.05, 0) is 42.5 Å². The van der Waals surface area contributed by atoms with Gasteiger partial charge in [0.2, 0.25) is 5.91 Å². The molecule has 1 atom stereocenters. The van der Waals surface area contributed by atoms with Crippen LogP contribution in [0.5, 0.6) is 0 Å². The fraction of sp³-hybridized carbons (Fsp3) is 0.500. The Kier molecular flexibility index (Phi) is 5.11. The molecule has 0 aliphatic carbocycles. The van der Waals surface area contributed by atoms with E-state index < -0.39 is 0 Å². The van der Waals surface area contributed by atoms with Crippen molar-refractivity contribution < 1.29 is 9.59 Å². The van der Waals surface area contributed by atoms with Crippen molar-refractivity contribution in [1.29, 1.82) is 0 Å². The third kappa shape index (κ3) is 3.81. The van der Waals surface area contributed by atoms with Crippen LogP contribution in [0.2, 0.25) is 0 Å². The molecule has 1 aromatic rings. The first kappa shape index (κ1) is 16.4. The molecule has 0 fully saturated rings. The molecule has 2 rings (SSSR count). The monoisotopic (exact) mass is 300 g/mol. The summed E-state index contributed by atoms with van der Waals surface area (Å²) in [6, 6.07) is 4.06. The minimum absolute atomic E-state index is 0.0436. The van der Waals surface area contributed by atoms with Crippen LogP contribution < -0.4 is 15.9 Å². The number of carbonyl (C=O) groups is 2.